The van der Waals surface area contributed by atoms with Crippen LogP contribution in [0.25, 0.3) is 0 Å². The molecule has 0 saturated carbocycles. The first kappa shape index (κ1) is 12.4. The maximum absolute atomic E-state index is 10.1. The molecule has 6 heteroatoms. The van der Waals surface area contributed by atoms with Gasteiger partial charge in [-0.3, -0.25) is 0 Å². The minimum atomic E-state index is -0.729. The van der Waals surface area contributed by atoms with E-state index in [2.05, 4.69) is 10.3 Å². The van der Waals surface area contributed by atoms with Gasteiger partial charge in [-0.1, -0.05) is 34.5 Å². The highest BCUT2D eigenvalue weighted by Gasteiger charge is 2.16. The van der Waals surface area contributed by atoms with Crippen LogP contribution in [0.2, 0.25) is 10.0 Å². The van der Waals surface area contributed by atoms with Gasteiger partial charge in [-0.25, -0.2) is 4.68 Å². The highest BCUT2D eigenvalue weighted by atomic mass is 35.5. The number of hydrogen-bond donors (Lipinski definition) is 1. The lowest BCUT2D eigenvalue weighted by atomic mass is 10.1. The zero-order valence-electron chi connectivity index (χ0n) is 9.14. The molecule has 4 nitrogen and oxygen atoms in total. The Morgan fingerprint density at radius 3 is 2.53 bits per heavy atom. The summed E-state index contributed by atoms with van der Waals surface area (Å²) in [6.07, 6.45) is 1.13. The van der Waals surface area contributed by atoms with E-state index in [-0.39, 0.29) is 0 Å². The Balaban J connectivity index is 2.25. The Bertz CT molecular complexity index is 507. The zero-order valence-corrected chi connectivity index (χ0v) is 10.7. The van der Waals surface area contributed by atoms with E-state index in [0.29, 0.717) is 22.2 Å². The molecule has 0 fully saturated rings. The fraction of sp³-hybridized carbons (Fsp3) is 0.273. The SMILES string of the molecule is Cn1nncc1C(O)Cc1c(Cl)cccc1Cl. The van der Waals surface area contributed by atoms with Gasteiger partial charge in [-0.05, 0) is 17.7 Å². The van der Waals surface area contributed by atoms with Crippen LogP contribution in [0.3, 0.4) is 0 Å². The third kappa shape index (κ3) is 2.60. The average molecular weight is 272 g/mol. The number of aliphatic hydroxyl groups excluding tert-OH is 1. The van der Waals surface area contributed by atoms with Crippen LogP contribution in [0.4, 0.5) is 0 Å². The fourth-order valence-electron chi connectivity index (χ4n) is 1.62. The molecule has 0 amide bonds. The Morgan fingerprint density at radius 2 is 2.00 bits per heavy atom. The zero-order chi connectivity index (χ0) is 12.4. The first-order chi connectivity index (χ1) is 8.09. The van der Waals surface area contributed by atoms with E-state index in [9.17, 15) is 5.11 Å². The van der Waals surface area contributed by atoms with E-state index in [0.717, 1.165) is 5.56 Å². The smallest absolute Gasteiger partial charge is 0.101 e. The summed E-state index contributed by atoms with van der Waals surface area (Å²) in [6.45, 7) is 0. The number of benzene rings is 1. The molecule has 1 N–H and O–H groups in total. The fourth-order valence-corrected chi connectivity index (χ4v) is 2.18. The highest BCUT2D eigenvalue weighted by Crippen LogP contribution is 2.28. The molecule has 90 valence electrons. The van der Waals surface area contributed by atoms with Crippen molar-refractivity contribution in [2.75, 3.05) is 0 Å². The maximum Gasteiger partial charge on any atom is 0.101 e. The number of aromatic nitrogens is 3. The quantitative estimate of drug-likeness (QED) is 0.933. The van der Waals surface area contributed by atoms with Gasteiger partial charge in [-0.2, -0.15) is 0 Å². The van der Waals surface area contributed by atoms with E-state index in [1.807, 2.05) is 0 Å². The number of rotatable bonds is 3. The van der Waals surface area contributed by atoms with Crippen LogP contribution in [0.1, 0.15) is 17.4 Å². The molecule has 1 aromatic carbocycles. The van der Waals surface area contributed by atoms with Gasteiger partial charge in [0.15, 0.2) is 0 Å². The first-order valence-electron chi connectivity index (χ1n) is 5.05. The van der Waals surface area contributed by atoms with E-state index < -0.39 is 6.10 Å². The molecule has 1 unspecified atom stereocenters. The molecule has 1 atom stereocenters. The summed E-state index contributed by atoms with van der Waals surface area (Å²) in [7, 11) is 1.72. The van der Waals surface area contributed by atoms with Crippen molar-refractivity contribution in [3.8, 4) is 0 Å². The Hall–Kier alpha value is -1.10. The lowest BCUT2D eigenvalue weighted by Crippen LogP contribution is -2.08. The largest absolute Gasteiger partial charge is 0.386 e. The molecule has 2 aromatic rings. The van der Waals surface area contributed by atoms with Crippen LogP contribution in [0, 0.1) is 0 Å². The monoisotopic (exact) mass is 271 g/mol. The van der Waals surface area contributed by atoms with E-state index >= 15 is 0 Å². The summed E-state index contributed by atoms with van der Waals surface area (Å²) in [6, 6.07) is 5.26. The van der Waals surface area contributed by atoms with Crippen LogP contribution in [0.15, 0.2) is 24.4 Å². The summed E-state index contributed by atoms with van der Waals surface area (Å²) in [5.74, 6) is 0. The van der Waals surface area contributed by atoms with Crippen LogP contribution < -0.4 is 0 Å². The van der Waals surface area contributed by atoms with Gasteiger partial charge >= 0.3 is 0 Å². The second kappa shape index (κ2) is 5.04. The van der Waals surface area contributed by atoms with Gasteiger partial charge in [0.2, 0.25) is 0 Å². The predicted octanol–water partition coefficient (Wildman–Crippen LogP) is 2.40. The van der Waals surface area contributed by atoms with Gasteiger partial charge in [0.05, 0.1) is 11.9 Å². The number of halogens is 2. The Labute approximate surface area is 109 Å². The predicted molar refractivity (Wildman–Crippen MR) is 66.1 cm³/mol. The van der Waals surface area contributed by atoms with Crippen LogP contribution in [0.5, 0.6) is 0 Å². The number of hydrogen-bond acceptors (Lipinski definition) is 3. The van der Waals surface area contributed by atoms with Crippen molar-refractivity contribution in [1.29, 1.82) is 0 Å². The van der Waals surface area contributed by atoms with Crippen LogP contribution in [-0.2, 0) is 13.5 Å². The normalized spacial score (nSPS) is 12.7. The molecular formula is C11H11Cl2N3O. The molecular weight excluding hydrogens is 261 g/mol. The third-order valence-electron chi connectivity index (χ3n) is 2.55. The molecule has 0 bridgehead atoms. The van der Waals surface area contributed by atoms with E-state index in [1.165, 1.54) is 10.9 Å². The van der Waals surface area contributed by atoms with E-state index in [4.69, 9.17) is 23.2 Å². The van der Waals surface area contributed by atoms with Crippen molar-refractivity contribution in [1.82, 2.24) is 15.0 Å². The van der Waals surface area contributed by atoms with Gasteiger partial charge in [-0.15, -0.1) is 5.10 Å². The van der Waals surface area contributed by atoms with Crippen molar-refractivity contribution in [3.63, 3.8) is 0 Å². The lowest BCUT2D eigenvalue weighted by molar-refractivity contribution is 0.168. The molecule has 0 aliphatic rings. The Kier molecular flexibility index (Phi) is 3.66. The van der Waals surface area contributed by atoms with Crippen molar-refractivity contribution in [3.05, 3.63) is 45.7 Å². The van der Waals surface area contributed by atoms with Crippen LogP contribution in [-0.4, -0.2) is 20.1 Å². The number of aryl methyl sites for hydroxylation is 1. The summed E-state index contributed by atoms with van der Waals surface area (Å²) in [4.78, 5) is 0. The summed E-state index contributed by atoms with van der Waals surface area (Å²) >= 11 is 12.1. The van der Waals surface area contributed by atoms with Crippen molar-refractivity contribution in [2.24, 2.45) is 7.05 Å². The molecule has 0 aliphatic heterocycles. The molecule has 0 spiro atoms. The molecule has 1 heterocycles. The minimum absolute atomic E-state index is 0.333. The molecule has 17 heavy (non-hydrogen) atoms. The van der Waals surface area contributed by atoms with E-state index in [1.54, 1.807) is 25.2 Å². The maximum atomic E-state index is 10.1. The van der Waals surface area contributed by atoms with Gasteiger partial charge in [0, 0.05) is 23.5 Å². The molecule has 0 radical (unpaired) electrons. The average Bonchev–Trinajstić information content (AvgIpc) is 2.70. The summed E-state index contributed by atoms with van der Waals surface area (Å²) in [5.41, 5.74) is 1.35. The second-order valence-corrected chi connectivity index (χ2v) is 4.52. The molecule has 2 rings (SSSR count). The first-order valence-corrected chi connectivity index (χ1v) is 5.80. The summed E-state index contributed by atoms with van der Waals surface area (Å²) in [5, 5.41) is 18.7. The second-order valence-electron chi connectivity index (χ2n) is 3.70. The van der Waals surface area contributed by atoms with Crippen LogP contribution >= 0.6 is 23.2 Å². The Morgan fingerprint density at radius 1 is 1.35 bits per heavy atom. The lowest BCUT2D eigenvalue weighted by Gasteiger charge is -2.12. The standard InChI is InChI=1S/C11H11Cl2N3O/c1-16-10(6-14-15-16)11(17)5-7-8(12)3-2-4-9(7)13/h2-4,6,11,17H,5H2,1H3. The van der Waals surface area contributed by atoms with Gasteiger partial charge in [0.25, 0.3) is 0 Å². The van der Waals surface area contributed by atoms with Gasteiger partial charge < -0.3 is 5.11 Å². The van der Waals surface area contributed by atoms with Gasteiger partial charge in [0.1, 0.15) is 6.10 Å². The van der Waals surface area contributed by atoms with Crippen molar-refractivity contribution < 1.29 is 5.11 Å². The molecule has 1 aromatic heterocycles. The van der Waals surface area contributed by atoms with Crippen molar-refractivity contribution in [2.45, 2.75) is 12.5 Å². The topological polar surface area (TPSA) is 50.9 Å². The summed E-state index contributed by atoms with van der Waals surface area (Å²) < 4.78 is 1.52. The highest BCUT2D eigenvalue weighted by molar-refractivity contribution is 6.35. The number of aliphatic hydroxyl groups is 1. The van der Waals surface area contributed by atoms with Crippen molar-refractivity contribution >= 4 is 23.2 Å². The molecule has 0 saturated heterocycles. The third-order valence-corrected chi connectivity index (χ3v) is 3.26. The minimum Gasteiger partial charge on any atom is -0.386 e. The number of nitrogens with zero attached hydrogens (tertiary/aromatic N) is 3. The molecule has 0 aliphatic carbocycles.